The smallest absolute Gasteiger partial charge is 0.328 e. The van der Waals surface area contributed by atoms with Gasteiger partial charge in [0.25, 0.3) is 0 Å². The van der Waals surface area contributed by atoms with Gasteiger partial charge in [0.15, 0.2) is 0 Å². The summed E-state index contributed by atoms with van der Waals surface area (Å²) in [5.41, 5.74) is 2.11. The summed E-state index contributed by atoms with van der Waals surface area (Å²) >= 11 is 0. The first-order valence-electron chi connectivity index (χ1n) is 6.35. The van der Waals surface area contributed by atoms with Gasteiger partial charge in [0.05, 0.1) is 12.5 Å². The average Bonchev–Trinajstić information content (AvgIpc) is 2.43. The van der Waals surface area contributed by atoms with Gasteiger partial charge in [-0.3, -0.25) is 4.79 Å². The maximum Gasteiger partial charge on any atom is 0.328 e. The van der Waals surface area contributed by atoms with Crippen molar-refractivity contribution >= 4 is 11.9 Å². The number of carbonyl (C=O) groups is 2. The third-order valence-electron chi connectivity index (χ3n) is 3.48. The second kappa shape index (κ2) is 5.84. The van der Waals surface area contributed by atoms with Gasteiger partial charge in [-0.1, -0.05) is 24.3 Å². The van der Waals surface area contributed by atoms with Crippen LogP contribution in [0.5, 0.6) is 0 Å². The van der Waals surface area contributed by atoms with E-state index in [2.05, 4.69) is 5.32 Å². The molecule has 5 heteroatoms. The van der Waals surface area contributed by atoms with Crippen molar-refractivity contribution in [2.24, 2.45) is 0 Å². The van der Waals surface area contributed by atoms with Gasteiger partial charge >= 0.3 is 5.97 Å². The molecule has 1 aliphatic carbocycles. The molecular weight excluding hydrogens is 246 g/mol. The normalized spacial score (nSPS) is 19.3. The zero-order chi connectivity index (χ0) is 13.8. The van der Waals surface area contributed by atoms with Crippen molar-refractivity contribution in [2.75, 3.05) is 6.61 Å². The number of aryl methyl sites for hydroxylation is 1. The minimum atomic E-state index is -1.23. The van der Waals surface area contributed by atoms with E-state index in [9.17, 15) is 9.59 Å². The molecule has 5 nitrogen and oxygen atoms in total. The first-order chi connectivity index (χ1) is 9.13. The van der Waals surface area contributed by atoms with Gasteiger partial charge in [-0.25, -0.2) is 4.79 Å². The zero-order valence-electron chi connectivity index (χ0n) is 10.5. The molecule has 0 spiro atoms. The van der Waals surface area contributed by atoms with Crippen molar-refractivity contribution < 1.29 is 19.8 Å². The van der Waals surface area contributed by atoms with Crippen LogP contribution in [0.2, 0.25) is 0 Å². The molecule has 102 valence electrons. The van der Waals surface area contributed by atoms with Crippen LogP contribution in [-0.4, -0.2) is 34.7 Å². The van der Waals surface area contributed by atoms with Crippen molar-refractivity contribution in [3.63, 3.8) is 0 Å². The number of carboxylic acid groups (broad SMARTS) is 1. The van der Waals surface area contributed by atoms with E-state index in [1.54, 1.807) is 0 Å². The summed E-state index contributed by atoms with van der Waals surface area (Å²) in [5, 5.41) is 20.2. The first-order valence-corrected chi connectivity index (χ1v) is 6.35. The van der Waals surface area contributed by atoms with Gasteiger partial charge in [-0.2, -0.15) is 0 Å². The van der Waals surface area contributed by atoms with E-state index in [-0.39, 0.29) is 11.8 Å². The molecule has 0 bridgehead atoms. The molecule has 1 aromatic rings. The Hall–Kier alpha value is -1.88. The number of aliphatic hydroxyl groups excluding tert-OH is 1. The number of fused-ring (bicyclic) bond motifs is 1. The van der Waals surface area contributed by atoms with Crippen LogP contribution in [0, 0.1) is 0 Å². The molecule has 1 amide bonds. The molecule has 0 saturated heterocycles. The van der Waals surface area contributed by atoms with Crippen LogP contribution in [0.1, 0.15) is 29.9 Å². The Morgan fingerprint density at radius 2 is 2.11 bits per heavy atom. The van der Waals surface area contributed by atoms with Crippen LogP contribution in [0.25, 0.3) is 0 Å². The van der Waals surface area contributed by atoms with E-state index < -0.39 is 18.6 Å². The van der Waals surface area contributed by atoms with Crippen molar-refractivity contribution in [3.05, 3.63) is 35.4 Å². The van der Waals surface area contributed by atoms with Crippen LogP contribution < -0.4 is 5.32 Å². The second-order valence-corrected chi connectivity index (χ2v) is 4.73. The van der Waals surface area contributed by atoms with E-state index in [1.807, 2.05) is 24.3 Å². The van der Waals surface area contributed by atoms with Gasteiger partial charge in [0, 0.05) is 0 Å². The number of hydrogen-bond donors (Lipinski definition) is 3. The standard InChI is InChI=1S/C14H17NO4/c16-8-12(14(18)19)15-13(17)11-7-3-5-9-4-1-2-6-10(9)11/h1-2,4,6,11-12,16H,3,5,7-8H2,(H,15,17)(H,18,19). The zero-order valence-corrected chi connectivity index (χ0v) is 10.5. The summed E-state index contributed by atoms with van der Waals surface area (Å²) in [7, 11) is 0. The van der Waals surface area contributed by atoms with E-state index in [0.29, 0.717) is 6.42 Å². The highest BCUT2D eigenvalue weighted by atomic mass is 16.4. The highest BCUT2D eigenvalue weighted by Crippen LogP contribution is 2.31. The Morgan fingerprint density at radius 1 is 1.37 bits per heavy atom. The Balaban J connectivity index is 2.15. The number of aliphatic carboxylic acids is 1. The summed E-state index contributed by atoms with van der Waals surface area (Å²) in [6, 6.07) is 6.49. The van der Waals surface area contributed by atoms with Crippen LogP contribution in [0.3, 0.4) is 0 Å². The number of carbonyl (C=O) groups excluding carboxylic acids is 1. The van der Waals surface area contributed by atoms with E-state index in [0.717, 1.165) is 24.0 Å². The predicted molar refractivity (Wildman–Crippen MR) is 68.8 cm³/mol. The molecule has 0 aromatic heterocycles. The Bertz CT molecular complexity index is 486. The lowest BCUT2D eigenvalue weighted by atomic mass is 9.82. The molecule has 0 saturated carbocycles. The summed E-state index contributed by atoms with van der Waals surface area (Å²) < 4.78 is 0. The first kappa shape index (κ1) is 13.5. The number of hydrogen-bond acceptors (Lipinski definition) is 3. The highest BCUT2D eigenvalue weighted by molar-refractivity contribution is 5.88. The van der Waals surface area contributed by atoms with Gasteiger partial charge in [-0.05, 0) is 30.4 Å². The summed E-state index contributed by atoms with van der Waals surface area (Å²) in [6.45, 7) is -0.602. The van der Waals surface area contributed by atoms with Crippen molar-refractivity contribution in [2.45, 2.75) is 31.2 Å². The third-order valence-corrected chi connectivity index (χ3v) is 3.48. The minimum Gasteiger partial charge on any atom is -0.480 e. The lowest BCUT2D eigenvalue weighted by Crippen LogP contribution is -2.45. The number of benzene rings is 1. The molecule has 0 fully saturated rings. The Labute approximate surface area is 111 Å². The quantitative estimate of drug-likeness (QED) is 0.745. The fraction of sp³-hybridized carbons (Fsp3) is 0.429. The van der Waals surface area contributed by atoms with E-state index in [4.69, 9.17) is 10.2 Å². The number of aliphatic hydroxyl groups is 1. The number of rotatable bonds is 4. The molecule has 2 unspecified atom stereocenters. The molecule has 2 rings (SSSR count). The van der Waals surface area contributed by atoms with Crippen LogP contribution in [0.15, 0.2) is 24.3 Å². The molecule has 19 heavy (non-hydrogen) atoms. The Kier molecular flexibility index (Phi) is 4.16. The van der Waals surface area contributed by atoms with Crippen molar-refractivity contribution in [1.29, 1.82) is 0 Å². The second-order valence-electron chi connectivity index (χ2n) is 4.73. The topological polar surface area (TPSA) is 86.6 Å². The molecular formula is C14H17NO4. The van der Waals surface area contributed by atoms with Gasteiger partial charge < -0.3 is 15.5 Å². The molecule has 0 aliphatic heterocycles. The maximum absolute atomic E-state index is 12.1. The average molecular weight is 263 g/mol. The molecule has 0 heterocycles. The third kappa shape index (κ3) is 2.93. The highest BCUT2D eigenvalue weighted by Gasteiger charge is 2.29. The fourth-order valence-electron chi connectivity index (χ4n) is 2.48. The number of nitrogens with one attached hydrogen (secondary N) is 1. The van der Waals surface area contributed by atoms with Crippen LogP contribution in [0.4, 0.5) is 0 Å². The van der Waals surface area contributed by atoms with Gasteiger partial charge in [0.1, 0.15) is 6.04 Å². The maximum atomic E-state index is 12.1. The van der Waals surface area contributed by atoms with E-state index >= 15 is 0 Å². The van der Waals surface area contributed by atoms with Crippen LogP contribution >= 0.6 is 0 Å². The largest absolute Gasteiger partial charge is 0.480 e. The van der Waals surface area contributed by atoms with Gasteiger partial charge in [-0.15, -0.1) is 0 Å². The molecule has 1 aliphatic rings. The van der Waals surface area contributed by atoms with Crippen molar-refractivity contribution in [3.8, 4) is 0 Å². The fourth-order valence-corrected chi connectivity index (χ4v) is 2.48. The summed E-state index contributed by atoms with van der Waals surface area (Å²) in [4.78, 5) is 23.0. The molecule has 1 aromatic carbocycles. The van der Waals surface area contributed by atoms with Gasteiger partial charge in [0.2, 0.25) is 5.91 Å². The SMILES string of the molecule is O=C(O)C(CO)NC(=O)C1CCCc2ccccc21. The summed E-state index contributed by atoms with van der Waals surface area (Å²) in [5.74, 6) is -1.87. The van der Waals surface area contributed by atoms with E-state index in [1.165, 1.54) is 0 Å². The number of carboxylic acids is 1. The molecule has 2 atom stereocenters. The number of amides is 1. The minimum absolute atomic E-state index is 0.321. The van der Waals surface area contributed by atoms with Crippen molar-refractivity contribution in [1.82, 2.24) is 5.32 Å². The van der Waals surface area contributed by atoms with Crippen LogP contribution in [-0.2, 0) is 16.0 Å². The molecule has 3 N–H and O–H groups in total. The Morgan fingerprint density at radius 3 is 2.79 bits per heavy atom. The monoisotopic (exact) mass is 263 g/mol. The molecule has 0 radical (unpaired) electrons. The lowest BCUT2D eigenvalue weighted by Gasteiger charge is -2.25. The predicted octanol–water partition coefficient (Wildman–Crippen LogP) is 0.668. The lowest BCUT2D eigenvalue weighted by molar-refractivity contribution is -0.143. The summed E-state index contributed by atoms with van der Waals surface area (Å²) in [6.07, 6.45) is 2.56.